The molecule has 0 unspecified atom stereocenters. The van der Waals surface area contributed by atoms with Crippen molar-refractivity contribution in [2.45, 2.75) is 45.1 Å². The average Bonchev–Trinajstić information content (AvgIpc) is 3.24. The number of hydroxylamine groups is 2. The van der Waals surface area contributed by atoms with Crippen molar-refractivity contribution in [1.29, 1.82) is 0 Å². The SMILES string of the molecule is O=C(CCCCC(=O)N1Cc2ccccc2C#Cc2ccccc21)NCCOCC(=O)ON1C(=O)CCC1=O. The fraction of sp³-hybridized carbons (Fsp3) is 0.345. The number of anilines is 1. The van der Waals surface area contributed by atoms with Crippen molar-refractivity contribution in [1.82, 2.24) is 10.4 Å². The number of hydrogen-bond acceptors (Lipinski definition) is 7. The molecular formula is C29H29N3O7. The van der Waals surface area contributed by atoms with Crippen molar-refractivity contribution < 1.29 is 33.5 Å². The highest BCUT2D eigenvalue weighted by Gasteiger charge is 2.32. The number of amides is 4. The van der Waals surface area contributed by atoms with Gasteiger partial charge in [0.15, 0.2) is 0 Å². The Morgan fingerprint density at radius 3 is 2.33 bits per heavy atom. The molecule has 2 aliphatic heterocycles. The second kappa shape index (κ2) is 13.3. The summed E-state index contributed by atoms with van der Waals surface area (Å²) < 4.78 is 5.13. The van der Waals surface area contributed by atoms with Gasteiger partial charge in [-0.1, -0.05) is 42.2 Å². The quantitative estimate of drug-likeness (QED) is 0.268. The molecule has 10 nitrogen and oxygen atoms in total. The van der Waals surface area contributed by atoms with Crippen LogP contribution >= 0.6 is 0 Å². The minimum Gasteiger partial charge on any atom is -0.368 e. The third-order valence-electron chi connectivity index (χ3n) is 6.21. The Balaban J connectivity index is 1.15. The van der Waals surface area contributed by atoms with E-state index in [2.05, 4.69) is 22.0 Å². The summed E-state index contributed by atoms with van der Waals surface area (Å²) in [4.78, 5) is 66.3. The van der Waals surface area contributed by atoms with Crippen LogP contribution in [0.15, 0.2) is 48.5 Å². The zero-order valence-corrected chi connectivity index (χ0v) is 21.4. The number of nitrogens with one attached hydrogen (secondary N) is 1. The van der Waals surface area contributed by atoms with Gasteiger partial charge in [-0.25, -0.2) is 4.79 Å². The van der Waals surface area contributed by atoms with Crippen molar-refractivity contribution in [2.24, 2.45) is 0 Å². The maximum Gasteiger partial charge on any atom is 0.358 e. The number of fused-ring (bicyclic) bond motifs is 2. The van der Waals surface area contributed by atoms with E-state index in [1.54, 1.807) is 4.90 Å². The molecule has 2 aliphatic rings. The second-order valence-corrected chi connectivity index (χ2v) is 9.06. The van der Waals surface area contributed by atoms with Gasteiger partial charge in [0.05, 0.1) is 18.8 Å². The van der Waals surface area contributed by atoms with E-state index < -0.39 is 24.4 Å². The van der Waals surface area contributed by atoms with Gasteiger partial charge in [-0.15, -0.1) is 5.06 Å². The summed E-state index contributed by atoms with van der Waals surface area (Å²) in [6.07, 6.45) is 1.67. The van der Waals surface area contributed by atoms with E-state index in [-0.39, 0.29) is 44.2 Å². The molecule has 0 aliphatic carbocycles. The zero-order chi connectivity index (χ0) is 27.6. The van der Waals surface area contributed by atoms with Gasteiger partial charge in [-0.2, -0.15) is 0 Å². The van der Waals surface area contributed by atoms with Crippen LogP contribution in [0.5, 0.6) is 0 Å². The maximum absolute atomic E-state index is 13.2. The molecule has 1 fully saturated rings. The number of carbonyl (C=O) groups excluding carboxylic acids is 5. The van der Waals surface area contributed by atoms with Gasteiger partial charge in [-0.05, 0) is 36.6 Å². The molecule has 2 aromatic carbocycles. The number of para-hydroxylation sites is 1. The molecular weight excluding hydrogens is 502 g/mol. The van der Waals surface area contributed by atoms with Crippen molar-refractivity contribution in [3.8, 4) is 11.8 Å². The molecule has 0 spiro atoms. The highest BCUT2D eigenvalue weighted by Crippen LogP contribution is 2.26. The van der Waals surface area contributed by atoms with Gasteiger partial charge in [0.25, 0.3) is 11.8 Å². The van der Waals surface area contributed by atoms with Crippen LogP contribution in [0.4, 0.5) is 5.69 Å². The van der Waals surface area contributed by atoms with E-state index in [4.69, 9.17) is 4.74 Å². The number of carbonyl (C=O) groups is 5. The molecule has 0 radical (unpaired) electrons. The lowest BCUT2D eigenvalue weighted by molar-refractivity contribution is -0.200. The summed E-state index contributed by atoms with van der Waals surface area (Å²) in [5.74, 6) is 4.17. The van der Waals surface area contributed by atoms with Crippen LogP contribution in [-0.2, 0) is 40.1 Å². The minimum absolute atomic E-state index is 0.0170. The third kappa shape index (κ3) is 7.52. The summed E-state index contributed by atoms with van der Waals surface area (Å²) in [5.41, 5.74) is 3.47. The van der Waals surface area contributed by atoms with Crippen LogP contribution in [0.25, 0.3) is 0 Å². The van der Waals surface area contributed by atoms with Crippen molar-refractivity contribution in [3.63, 3.8) is 0 Å². The molecule has 4 rings (SSSR count). The van der Waals surface area contributed by atoms with E-state index in [1.807, 2.05) is 48.5 Å². The molecule has 39 heavy (non-hydrogen) atoms. The first-order valence-electron chi connectivity index (χ1n) is 12.8. The van der Waals surface area contributed by atoms with Crippen LogP contribution in [0.3, 0.4) is 0 Å². The smallest absolute Gasteiger partial charge is 0.358 e. The number of benzene rings is 2. The van der Waals surface area contributed by atoms with Crippen LogP contribution in [0.2, 0.25) is 0 Å². The molecule has 0 aromatic heterocycles. The predicted octanol–water partition coefficient (Wildman–Crippen LogP) is 2.23. The molecule has 10 heteroatoms. The largest absolute Gasteiger partial charge is 0.368 e. The minimum atomic E-state index is -0.868. The standard InChI is InChI=1S/C29H29N3O7/c33-25(30-17-18-38-20-29(37)39-32-27(35)15-16-28(32)36)11-5-6-12-26(34)31-19-23-9-2-1-7-21(23)13-14-22-8-3-4-10-24(22)31/h1-4,7-10H,5-6,11-12,15-20H2,(H,30,33). The van der Waals surface area contributed by atoms with E-state index in [0.717, 1.165) is 22.4 Å². The molecule has 4 amide bonds. The summed E-state index contributed by atoms with van der Waals surface area (Å²) in [7, 11) is 0. The van der Waals surface area contributed by atoms with Gasteiger partial charge in [0.1, 0.15) is 6.61 Å². The molecule has 0 saturated carbocycles. The van der Waals surface area contributed by atoms with Crippen LogP contribution in [-0.4, -0.2) is 54.4 Å². The van der Waals surface area contributed by atoms with E-state index >= 15 is 0 Å². The van der Waals surface area contributed by atoms with Crippen LogP contribution in [0.1, 0.15) is 55.2 Å². The number of nitrogens with zero attached hydrogens (tertiary/aromatic N) is 2. The second-order valence-electron chi connectivity index (χ2n) is 9.06. The lowest BCUT2D eigenvalue weighted by Gasteiger charge is -2.26. The molecule has 2 heterocycles. The van der Waals surface area contributed by atoms with Gasteiger partial charge in [-0.3, -0.25) is 19.2 Å². The fourth-order valence-electron chi connectivity index (χ4n) is 4.20. The Morgan fingerprint density at radius 2 is 1.54 bits per heavy atom. The fourth-order valence-corrected chi connectivity index (χ4v) is 4.20. The maximum atomic E-state index is 13.2. The highest BCUT2D eigenvalue weighted by molar-refractivity contribution is 6.01. The number of ether oxygens (including phenoxy) is 1. The first kappa shape index (κ1) is 27.5. The van der Waals surface area contributed by atoms with E-state index in [0.29, 0.717) is 30.9 Å². The Labute approximate surface area is 226 Å². The van der Waals surface area contributed by atoms with Gasteiger partial charge >= 0.3 is 5.97 Å². The first-order valence-corrected chi connectivity index (χ1v) is 12.8. The van der Waals surface area contributed by atoms with Crippen molar-refractivity contribution in [3.05, 3.63) is 65.2 Å². The Morgan fingerprint density at radius 1 is 0.872 bits per heavy atom. The number of hydrogen-bond donors (Lipinski definition) is 1. The summed E-state index contributed by atoms with van der Waals surface area (Å²) in [6, 6.07) is 15.4. The predicted molar refractivity (Wildman–Crippen MR) is 140 cm³/mol. The van der Waals surface area contributed by atoms with E-state index in [1.165, 1.54) is 0 Å². The Hall–Kier alpha value is -4.49. The normalized spacial score (nSPS) is 13.9. The van der Waals surface area contributed by atoms with Gasteiger partial charge in [0.2, 0.25) is 11.8 Å². The van der Waals surface area contributed by atoms with Crippen molar-refractivity contribution >= 4 is 35.3 Å². The molecule has 0 bridgehead atoms. The molecule has 1 N–H and O–H groups in total. The zero-order valence-electron chi connectivity index (χ0n) is 21.4. The summed E-state index contributed by atoms with van der Waals surface area (Å²) in [5, 5.41) is 3.15. The van der Waals surface area contributed by atoms with Crippen molar-refractivity contribution in [2.75, 3.05) is 24.7 Å². The lowest BCUT2D eigenvalue weighted by atomic mass is 10.0. The van der Waals surface area contributed by atoms with Crippen LogP contribution in [0, 0.1) is 11.8 Å². The Bertz CT molecular complexity index is 1310. The van der Waals surface area contributed by atoms with Crippen LogP contribution < -0.4 is 10.2 Å². The highest BCUT2D eigenvalue weighted by atomic mass is 16.7. The molecule has 0 atom stereocenters. The first-order chi connectivity index (χ1) is 18.9. The summed E-state index contributed by atoms with van der Waals surface area (Å²) in [6.45, 7) is 0.210. The topological polar surface area (TPSA) is 122 Å². The summed E-state index contributed by atoms with van der Waals surface area (Å²) >= 11 is 0. The number of imide groups is 1. The molecule has 2 aromatic rings. The monoisotopic (exact) mass is 531 g/mol. The third-order valence-corrected chi connectivity index (χ3v) is 6.21. The van der Waals surface area contributed by atoms with E-state index in [9.17, 15) is 24.0 Å². The Kier molecular flexibility index (Phi) is 9.43. The van der Waals surface area contributed by atoms with Gasteiger partial charge < -0.3 is 19.8 Å². The molecule has 1 saturated heterocycles. The average molecular weight is 532 g/mol. The van der Waals surface area contributed by atoms with Gasteiger partial charge in [0, 0.05) is 43.4 Å². The molecule has 202 valence electrons. The number of rotatable bonds is 11. The lowest BCUT2D eigenvalue weighted by Crippen LogP contribution is -2.34. The number of unbranched alkanes of at least 4 members (excludes halogenated alkanes) is 1.